The van der Waals surface area contributed by atoms with Crippen molar-refractivity contribution in [2.24, 2.45) is 5.92 Å². The molecule has 1 N–H and O–H groups in total. The van der Waals surface area contributed by atoms with Gasteiger partial charge >= 0.3 is 0 Å². The molecule has 1 saturated heterocycles. The van der Waals surface area contributed by atoms with Crippen LogP contribution in [0.5, 0.6) is 0 Å². The van der Waals surface area contributed by atoms with Crippen molar-refractivity contribution in [1.29, 1.82) is 0 Å². The van der Waals surface area contributed by atoms with E-state index in [2.05, 4.69) is 32.7 Å². The second kappa shape index (κ2) is 7.23. The first-order chi connectivity index (χ1) is 11.1. The molecule has 1 aliphatic heterocycles. The number of β-amino-alcohol motifs (C(OH)–C–C–N with tert-alkyl or cyclic N) is 1. The summed E-state index contributed by atoms with van der Waals surface area (Å²) < 4.78 is 2.08. The lowest BCUT2D eigenvalue weighted by Crippen LogP contribution is -2.24. The summed E-state index contributed by atoms with van der Waals surface area (Å²) in [6.07, 6.45) is 3.50. The van der Waals surface area contributed by atoms with Gasteiger partial charge in [-0.15, -0.1) is 0 Å². The largest absolute Gasteiger partial charge is 0.391 e. The molecule has 3 heterocycles. The SMILES string of the molecule is Cc1cc(C)n(CCCN2C[C@@H](Cc3ccccn3)[C@H](O)C2)n1. The maximum absolute atomic E-state index is 10.3. The van der Waals surface area contributed by atoms with Crippen LogP contribution in [0.15, 0.2) is 30.5 Å². The standard InChI is InChI=1S/C18H26N4O/c1-14-10-15(2)22(20-14)9-5-8-21-12-16(18(23)13-21)11-17-6-3-4-7-19-17/h3-4,6-7,10,16,18,23H,5,8-9,11-13H2,1-2H3/t16-,18-/m1/s1. The van der Waals surface area contributed by atoms with E-state index >= 15 is 0 Å². The Kier molecular flexibility index (Phi) is 5.08. The Hall–Kier alpha value is -1.72. The molecule has 0 unspecified atom stereocenters. The van der Waals surface area contributed by atoms with Crippen molar-refractivity contribution in [3.8, 4) is 0 Å². The summed E-state index contributed by atoms with van der Waals surface area (Å²) in [5.74, 6) is 0.290. The molecule has 124 valence electrons. The summed E-state index contributed by atoms with van der Waals surface area (Å²) in [5, 5.41) is 14.8. The average Bonchev–Trinajstić information content (AvgIpc) is 3.03. The van der Waals surface area contributed by atoms with Crippen molar-refractivity contribution >= 4 is 0 Å². The predicted octanol–water partition coefficient (Wildman–Crippen LogP) is 1.82. The lowest BCUT2D eigenvalue weighted by Gasteiger charge is -2.15. The molecule has 5 heteroatoms. The molecule has 0 aromatic carbocycles. The van der Waals surface area contributed by atoms with Gasteiger partial charge in [0.05, 0.1) is 11.8 Å². The fourth-order valence-corrected chi connectivity index (χ4v) is 3.46. The number of aryl methyl sites for hydroxylation is 3. The summed E-state index contributed by atoms with van der Waals surface area (Å²) in [6, 6.07) is 8.09. The van der Waals surface area contributed by atoms with Gasteiger partial charge in [0.15, 0.2) is 0 Å². The predicted molar refractivity (Wildman–Crippen MR) is 90.2 cm³/mol. The third-order valence-electron chi connectivity index (χ3n) is 4.63. The topological polar surface area (TPSA) is 54.2 Å². The van der Waals surface area contributed by atoms with Gasteiger partial charge in [0.25, 0.3) is 0 Å². The highest BCUT2D eigenvalue weighted by Crippen LogP contribution is 2.21. The van der Waals surface area contributed by atoms with Gasteiger partial charge in [0, 0.05) is 49.7 Å². The highest BCUT2D eigenvalue weighted by atomic mass is 16.3. The first-order valence-electron chi connectivity index (χ1n) is 8.43. The van der Waals surface area contributed by atoms with E-state index in [-0.39, 0.29) is 6.10 Å². The van der Waals surface area contributed by atoms with E-state index < -0.39 is 0 Å². The summed E-state index contributed by atoms with van der Waals surface area (Å²) in [6.45, 7) is 7.81. The van der Waals surface area contributed by atoms with Crippen LogP contribution in [0.1, 0.15) is 23.5 Å². The van der Waals surface area contributed by atoms with E-state index in [9.17, 15) is 5.11 Å². The lowest BCUT2D eigenvalue weighted by molar-refractivity contribution is 0.141. The zero-order chi connectivity index (χ0) is 16.2. The molecule has 0 bridgehead atoms. The third-order valence-corrected chi connectivity index (χ3v) is 4.63. The first-order valence-corrected chi connectivity index (χ1v) is 8.43. The van der Waals surface area contributed by atoms with E-state index in [1.54, 1.807) is 0 Å². The van der Waals surface area contributed by atoms with Gasteiger partial charge in [0.2, 0.25) is 0 Å². The van der Waals surface area contributed by atoms with E-state index in [0.717, 1.165) is 50.4 Å². The van der Waals surface area contributed by atoms with E-state index in [0.29, 0.717) is 5.92 Å². The minimum atomic E-state index is -0.245. The van der Waals surface area contributed by atoms with Crippen molar-refractivity contribution < 1.29 is 5.11 Å². The molecule has 23 heavy (non-hydrogen) atoms. The van der Waals surface area contributed by atoms with Gasteiger partial charge in [-0.2, -0.15) is 5.10 Å². The van der Waals surface area contributed by atoms with Crippen LogP contribution < -0.4 is 0 Å². The van der Waals surface area contributed by atoms with Crippen molar-refractivity contribution in [2.45, 2.75) is 39.3 Å². The van der Waals surface area contributed by atoms with Crippen LogP contribution in [0, 0.1) is 19.8 Å². The summed E-state index contributed by atoms with van der Waals surface area (Å²) in [5.41, 5.74) is 3.37. The molecule has 3 rings (SSSR count). The number of pyridine rings is 1. The Balaban J connectivity index is 1.46. The van der Waals surface area contributed by atoms with Crippen LogP contribution in [0.4, 0.5) is 0 Å². The molecule has 0 aliphatic carbocycles. The van der Waals surface area contributed by atoms with E-state index in [1.165, 1.54) is 5.69 Å². The average molecular weight is 314 g/mol. The Morgan fingerprint density at radius 2 is 2.09 bits per heavy atom. The maximum Gasteiger partial charge on any atom is 0.0711 e. The number of aliphatic hydroxyl groups excluding tert-OH is 1. The third kappa shape index (κ3) is 4.18. The molecule has 5 nitrogen and oxygen atoms in total. The summed E-state index contributed by atoms with van der Waals surface area (Å²) in [7, 11) is 0. The molecule has 1 aliphatic rings. The van der Waals surface area contributed by atoms with Crippen LogP contribution in [-0.2, 0) is 13.0 Å². The minimum Gasteiger partial charge on any atom is -0.391 e. The zero-order valence-corrected chi connectivity index (χ0v) is 14.0. The Morgan fingerprint density at radius 1 is 1.22 bits per heavy atom. The summed E-state index contributed by atoms with van der Waals surface area (Å²) >= 11 is 0. The second-order valence-electron chi connectivity index (χ2n) is 6.62. The number of nitrogens with zero attached hydrogens (tertiary/aromatic N) is 4. The number of hydrogen-bond donors (Lipinski definition) is 1. The Labute approximate surface area is 138 Å². The number of hydrogen-bond acceptors (Lipinski definition) is 4. The van der Waals surface area contributed by atoms with Gasteiger partial charge in [-0.3, -0.25) is 9.67 Å². The second-order valence-corrected chi connectivity index (χ2v) is 6.62. The van der Waals surface area contributed by atoms with Crippen LogP contribution in [0.2, 0.25) is 0 Å². The highest BCUT2D eigenvalue weighted by molar-refractivity contribution is 5.07. The molecule has 0 spiro atoms. The van der Waals surface area contributed by atoms with Crippen LogP contribution in [-0.4, -0.2) is 50.5 Å². The molecule has 0 saturated carbocycles. The smallest absolute Gasteiger partial charge is 0.0711 e. The molecular weight excluding hydrogens is 288 g/mol. The van der Waals surface area contributed by atoms with Gasteiger partial charge in [0.1, 0.15) is 0 Å². The minimum absolute atomic E-state index is 0.245. The maximum atomic E-state index is 10.3. The van der Waals surface area contributed by atoms with Crippen LogP contribution >= 0.6 is 0 Å². The van der Waals surface area contributed by atoms with Crippen LogP contribution in [0.3, 0.4) is 0 Å². The fraction of sp³-hybridized carbons (Fsp3) is 0.556. The highest BCUT2D eigenvalue weighted by Gasteiger charge is 2.31. The number of aromatic nitrogens is 3. The number of rotatable bonds is 6. The normalized spacial score (nSPS) is 21.9. The van der Waals surface area contributed by atoms with Gasteiger partial charge < -0.3 is 10.0 Å². The molecule has 0 amide bonds. The molecule has 2 atom stereocenters. The van der Waals surface area contributed by atoms with E-state index in [4.69, 9.17) is 0 Å². The van der Waals surface area contributed by atoms with Gasteiger partial charge in [-0.1, -0.05) is 6.07 Å². The van der Waals surface area contributed by atoms with Crippen molar-refractivity contribution in [2.75, 3.05) is 19.6 Å². The molecule has 0 radical (unpaired) electrons. The lowest BCUT2D eigenvalue weighted by atomic mass is 10.00. The monoisotopic (exact) mass is 314 g/mol. The van der Waals surface area contributed by atoms with Crippen molar-refractivity contribution in [1.82, 2.24) is 19.7 Å². The zero-order valence-electron chi connectivity index (χ0n) is 14.0. The molecule has 1 fully saturated rings. The van der Waals surface area contributed by atoms with Gasteiger partial charge in [-0.05, 0) is 44.9 Å². The molecule has 2 aromatic rings. The molecular formula is C18H26N4O. The summed E-state index contributed by atoms with van der Waals surface area (Å²) in [4.78, 5) is 6.74. The van der Waals surface area contributed by atoms with E-state index in [1.807, 2.05) is 31.3 Å². The quantitative estimate of drug-likeness (QED) is 0.884. The Bertz CT molecular complexity index is 625. The van der Waals surface area contributed by atoms with Crippen molar-refractivity contribution in [3.05, 3.63) is 47.5 Å². The number of likely N-dealkylation sites (tertiary alicyclic amines) is 1. The Morgan fingerprint density at radius 3 is 2.78 bits per heavy atom. The fourth-order valence-electron chi connectivity index (χ4n) is 3.46. The molecule has 2 aromatic heterocycles. The van der Waals surface area contributed by atoms with Crippen molar-refractivity contribution in [3.63, 3.8) is 0 Å². The van der Waals surface area contributed by atoms with Crippen LogP contribution in [0.25, 0.3) is 0 Å². The van der Waals surface area contributed by atoms with Gasteiger partial charge in [-0.25, -0.2) is 0 Å². The first kappa shape index (κ1) is 16.1. The number of aliphatic hydroxyl groups is 1.